The van der Waals surface area contributed by atoms with Crippen LogP contribution in [0.25, 0.3) is 0 Å². The molecule has 26 heavy (non-hydrogen) atoms. The lowest BCUT2D eigenvalue weighted by Crippen LogP contribution is -2.34. The number of ether oxygens (including phenoxy) is 2. The minimum absolute atomic E-state index is 0.181. The van der Waals surface area contributed by atoms with Gasteiger partial charge in [-0.15, -0.1) is 5.10 Å². The number of amides is 1. The molecule has 0 radical (unpaired) electrons. The van der Waals surface area contributed by atoms with Gasteiger partial charge in [-0.3, -0.25) is 9.59 Å². The molecule has 0 bridgehead atoms. The van der Waals surface area contributed by atoms with Crippen LogP contribution in [0.3, 0.4) is 0 Å². The molecular formula is C16H26N4O6. The Kier molecular flexibility index (Phi) is 7.49. The van der Waals surface area contributed by atoms with Crippen molar-refractivity contribution in [2.24, 2.45) is 5.73 Å². The van der Waals surface area contributed by atoms with Crippen LogP contribution in [0.1, 0.15) is 62.3 Å². The molecule has 146 valence electrons. The normalized spacial score (nSPS) is 25.3. The highest BCUT2D eigenvalue weighted by Crippen LogP contribution is 2.29. The molecule has 10 heteroatoms. The summed E-state index contributed by atoms with van der Waals surface area (Å²) in [5.74, 6) is -1.42. The molecule has 1 saturated heterocycles. The van der Waals surface area contributed by atoms with E-state index in [1.165, 1.54) is 6.33 Å². The fourth-order valence-corrected chi connectivity index (χ4v) is 2.72. The lowest BCUT2D eigenvalue weighted by molar-refractivity contribution is -0.150. The lowest BCUT2D eigenvalue weighted by Gasteiger charge is -2.14. The van der Waals surface area contributed by atoms with E-state index in [2.05, 4.69) is 17.0 Å². The summed E-state index contributed by atoms with van der Waals surface area (Å²) in [5.41, 5.74) is 5.08. The van der Waals surface area contributed by atoms with E-state index in [1.54, 1.807) is 0 Å². The second-order valence-corrected chi connectivity index (χ2v) is 6.31. The minimum Gasteiger partial charge on any atom is -0.463 e. The average Bonchev–Trinajstić information content (AvgIpc) is 3.20. The number of carbonyl (C=O) groups is 2. The summed E-state index contributed by atoms with van der Waals surface area (Å²) in [6, 6.07) is 0. The first-order valence-corrected chi connectivity index (χ1v) is 8.82. The molecule has 0 saturated carbocycles. The molecule has 2 rings (SSSR count). The number of rotatable bonds is 10. The fourth-order valence-electron chi connectivity index (χ4n) is 2.72. The molecule has 2 heterocycles. The zero-order valence-corrected chi connectivity index (χ0v) is 14.8. The average molecular weight is 370 g/mol. The summed E-state index contributed by atoms with van der Waals surface area (Å²) >= 11 is 0. The molecule has 1 amide bonds. The van der Waals surface area contributed by atoms with Crippen LogP contribution in [-0.4, -0.2) is 61.8 Å². The Morgan fingerprint density at radius 3 is 2.65 bits per heavy atom. The summed E-state index contributed by atoms with van der Waals surface area (Å²) in [7, 11) is 0. The maximum Gasteiger partial charge on any atom is 0.305 e. The van der Waals surface area contributed by atoms with Gasteiger partial charge in [0.15, 0.2) is 6.23 Å². The standard InChI is InChI=1S/C16H26N4O6/c1-2-3-4-5-6-7-11(21)25-8-10-12(22)13(23)16(26-10)20-9-18-15(19-20)14(17)24/h9-10,12-13,16,22-23H,2-8H2,1H3,(H2,17,24)/t10-,12-,13-,16-/m0/s1. The highest BCUT2D eigenvalue weighted by atomic mass is 16.6. The lowest BCUT2D eigenvalue weighted by atomic mass is 10.1. The van der Waals surface area contributed by atoms with Crippen LogP contribution in [0.15, 0.2) is 6.33 Å². The van der Waals surface area contributed by atoms with E-state index in [9.17, 15) is 19.8 Å². The van der Waals surface area contributed by atoms with Gasteiger partial charge in [-0.05, 0) is 6.42 Å². The van der Waals surface area contributed by atoms with Gasteiger partial charge in [0.05, 0.1) is 0 Å². The van der Waals surface area contributed by atoms with Crippen LogP contribution in [0, 0.1) is 0 Å². The molecule has 1 fully saturated rings. The van der Waals surface area contributed by atoms with Crippen LogP contribution >= 0.6 is 0 Å². The van der Waals surface area contributed by atoms with Crippen molar-refractivity contribution < 1.29 is 29.3 Å². The Morgan fingerprint density at radius 1 is 1.27 bits per heavy atom. The SMILES string of the molecule is CCCCCCCC(=O)OC[C@@H]1O[C@H](n2cnc(C(N)=O)n2)[C@@H](O)[C@H]1O. The highest BCUT2D eigenvalue weighted by Gasteiger charge is 2.45. The number of aliphatic hydroxyl groups excluding tert-OH is 2. The molecule has 1 aromatic heterocycles. The number of aromatic nitrogens is 3. The molecule has 0 aromatic carbocycles. The quantitative estimate of drug-likeness (QED) is 0.382. The van der Waals surface area contributed by atoms with Crippen molar-refractivity contribution in [2.45, 2.75) is 70.0 Å². The first-order chi connectivity index (χ1) is 12.4. The molecule has 0 unspecified atom stereocenters. The van der Waals surface area contributed by atoms with E-state index in [0.717, 1.165) is 36.8 Å². The van der Waals surface area contributed by atoms with Crippen LogP contribution in [0.5, 0.6) is 0 Å². The third-order valence-corrected chi connectivity index (χ3v) is 4.22. The van der Waals surface area contributed by atoms with Gasteiger partial charge in [-0.2, -0.15) is 0 Å². The van der Waals surface area contributed by atoms with E-state index < -0.39 is 30.4 Å². The Balaban J connectivity index is 1.79. The predicted octanol–water partition coefficient (Wildman–Crippen LogP) is -0.100. The first-order valence-electron chi connectivity index (χ1n) is 8.82. The number of primary amides is 1. The van der Waals surface area contributed by atoms with Crippen molar-refractivity contribution in [3.8, 4) is 0 Å². The number of hydrogen-bond donors (Lipinski definition) is 3. The third-order valence-electron chi connectivity index (χ3n) is 4.22. The van der Waals surface area contributed by atoms with Crippen molar-refractivity contribution in [1.29, 1.82) is 0 Å². The predicted molar refractivity (Wildman–Crippen MR) is 88.8 cm³/mol. The first kappa shape index (κ1) is 20.3. The number of esters is 1. The van der Waals surface area contributed by atoms with Crippen molar-refractivity contribution in [2.75, 3.05) is 6.61 Å². The Morgan fingerprint density at radius 2 is 2.00 bits per heavy atom. The van der Waals surface area contributed by atoms with E-state index in [1.807, 2.05) is 0 Å². The molecule has 1 aromatic rings. The molecule has 1 aliphatic heterocycles. The molecule has 10 nitrogen and oxygen atoms in total. The van der Waals surface area contributed by atoms with Crippen molar-refractivity contribution >= 4 is 11.9 Å². The largest absolute Gasteiger partial charge is 0.463 e. The summed E-state index contributed by atoms with van der Waals surface area (Å²) in [6.07, 6.45) is 2.06. The maximum absolute atomic E-state index is 11.7. The monoisotopic (exact) mass is 370 g/mol. The Labute approximate surface area is 151 Å². The number of carbonyl (C=O) groups excluding carboxylic acids is 2. The highest BCUT2D eigenvalue weighted by molar-refractivity contribution is 5.88. The van der Waals surface area contributed by atoms with Gasteiger partial charge in [-0.1, -0.05) is 32.6 Å². The maximum atomic E-state index is 11.7. The Hall–Kier alpha value is -2.04. The van der Waals surface area contributed by atoms with Gasteiger partial charge in [0, 0.05) is 6.42 Å². The van der Waals surface area contributed by atoms with E-state index in [4.69, 9.17) is 15.2 Å². The van der Waals surface area contributed by atoms with E-state index in [0.29, 0.717) is 6.42 Å². The van der Waals surface area contributed by atoms with Crippen molar-refractivity contribution in [3.05, 3.63) is 12.2 Å². The molecule has 0 spiro atoms. The summed E-state index contributed by atoms with van der Waals surface area (Å²) in [4.78, 5) is 26.5. The number of nitrogens with zero attached hydrogens (tertiary/aromatic N) is 3. The molecule has 0 aliphatic carbocycles. The zero-order valence-electron chi connectivity index (χ0n) is 14.8. The summed E-state index contributed by atoms with van der Waals surface area (Å²) in [5, 5.41) is 24.0. The van der Waals surface area contributed by atoms with E-state index in [-0.39, 0.29) is 18.4 Å². The number of aliphatic hydroxyl groups is 2. The fraction of sp³-hybridized carbons (Fsp3) is 0.750. The second kappa shape index (κ2) is 9.60. The smallest absolute Gasteiger partial charge is 0.305 e. The molecule has 4 atom stereocenters. The number of nitrogens with two attached hydrogens (primary N) is 1. The van der Waals surface area contributed by atoms with Gasteiger partial charge in [-0.25, -0.2) is 9.67 Å². The number of hydrogen-bond acceptors (Lipinski definition) is 8. The summed E-state index contributed by atoms with van der Waals surface area (Å²) in [6.45, 7) is 1.94. The minimum atomic E-state index is -1.31. The van der Waals surface area contributed by atoms with Crippen molar-refractivity contribution in [1.82, 2.24) is 14.8 Å². The van der Waals surface area contributed by atoms with Gasteiger partial charge in [0.2, 0.25) is 5.82 Å². The Bertz CT molecular complexity index is 607. The molecule has 4 N–H and O–H groups in total. The van der Waals surface area contributed by atoms with Crippen molar-refractivity contribution in [3.63, 3.8) is 0 Å². The molecular weight excluding hydrogens is 344 g/mol. The van der Waals surface area contributed by atoms with Crippen LogP contribution in [0.2, 0.25) is 0 Å². The zero-order chi connectivity index (χ0) is 19.1. The topological polar surface area (TPSA) is 150 Å². The van der Waals surface area contributed by atoms with Gasteiger partial charge in [0.1, 0.15) is 31.2 Å². The van der Waals surface area contributed by atoms with E-state index >= 15 is 0 Å². The van der Waals surface area contributed by atoms with Gasteiger partial charge in [0.25, 0.3) is 5.91 Å². The van der Waals surface area contributed by atoms with Crippen LogP contribution < -0.4 is 5.73 Å². The third kappa shape index (κ3) is 5.23. The van der Waals surface area contributed by atoms with Gasteiger partial charge < -0.3 is 25.4 Å². The second-order valence-electron chi connectivity index (χ2n) is 6.31. The molecule has 1 aliphatic rings. The van der Waals surface area contributed by atoms with Crippen LogP contribution in [0.4, 0.5) is 0 Å². The van der Waals surface area contributed by atoms with Gasteiger partial charge >= 0.3 is 5.97 Å². The summed E-state index contributed by atoms with van der Waals surface area (Å²) < 4.78 is 11.7. The van der Waals surface area contributed by atoms with Crippen LogP contribution in [-0.2, 0) is 14.3 Å². The number of unbranched alkanes of at least 4 members (excludes halogenated alkanes) is 4.